The molecule has 0 spiro atoms. The molecule has 6 heteroatoms. The Morgan fingerprint density at radius 3 is 2.14 bits per heavy atom. The lowest BCUT2D eigenvalue weighted by molar-refractivity contribution is 0.101. The van der Waals surface area contributed by atoms with E-state index in [-0.39, 0.29) is 25.7 Å². The van der Waals surface area contributed by atoms with Gasteiger partial charge in [-0.1, -0.05) is 46.4 Å². The molecule has 0 radical (unpaired) electrons. The number of hydrogen-bond donors (Lipinski definition) is 0. The number of carbonyl (C=O) groups is 1. The van der Waals surface area contributed by atoms with Crippen molar-refractivity contribution >= 4 is 58.5 Å². The Hall–Kier alpha value is -0.280. The highest BCUT2D eigenvalue weighted by Gasteiger charge is 2.26. The predicted octanol–water partition coefficient (Wildman–Crippen LogP) is 3.87. The van der Waals surface area contributed by atoms with E-state index in [1.54, 1.807) is 0 Å². The third kappa shape index (κ3) is 1.26. The molecule has 0 unspecified atom stereocenters. The average molecular weight is 269 g/mol. The minimum Gasteiger partial charge on any atom is -0.267 e. The Balaban J connectivity index is 2.89. The van der Waals surface area contributed by atoms with Gasteiger partial charge in [-0.05, 0) is 0 Å². The van der Waals surface area contributed by atoms with E-state index < -0.39 is 5.91 Å². The number of hydrogen-bond acceptors (Lipinski definition) is 1. The number of rotatable bonds is 0. The summed E-state index contributed by atoms with van der Waals surface area (Å²) in [6, 6.07) is 0. The Kier molecular flexibility index (Phi) is 2.48. The Morgan fingerprint density at radius 1 is 0.929 bits per heavy atom. The highest BCUT2D eigenvalue weighted by atomic mass is 35.5. The zero-order chi connectivity index (χ0) is 10.5. The van der Waals surface area contributed by atoms with Gasteiger partial charge in [-0.15, -0.1) is 0 Å². The molecule has 1 amide bonds. The van der Waals surface area contributed by atoms with Gasteiger partial charge >= 0.3 is 0 Å². The average Bonchev–Trinajstić information content (AvgIpc) is 2.54. The Morgan fingerprint density at radius 2 is 1.50 bits per heavy atom. The second-order valence-electron chi connectivity index (χ2n) is 2.61. The fourth-order valence-corrected chi connectivity index (χ4v) is 2.16. The van der Waals surface area contributed by atoms with Gasteiger partial charge in [0.1, 0.15) is 0 Å². The minimum atomic E-state index is -0.453. The molecule has 1 aliphatic rings. The Bertz CT molecular complexity index is 481. The maximum absolute atomic E-state index is 11.3. The normalized spacial score (nSPS) is 13.6. The molecule has 0 atom stereocenters. The van der Waals surface area contributed by atoms with Crippen molar-refractivity contribution in [1.82, 2.24) is 0 Å². The van der Waals surface area contributed by atoms with Gasteiger partial charge in [-0.25, -0.2) is 4.99 Å². The first-order chi connectivity index (χ1) is 6.54. The molecular formula is C8HCl4NO. The maximum Gasteiger partial charge on any atom is 0.279 e. The van der Waals surface area contributed by atoms with Crippen molar-refractivity contribution in [2.75, 3.05) is 0 Å². The number of amides is 1. The molecule has 0 saturated heterocycles. The van der Waals surface area contributed by atoms with Gasteiger partial charge in [0.15, 0.2) is 0 Å². The van der Waals surface area contributed by atoms with Gasteiger partial charge in [-0.2, -0.15) is 0 Å². The van der Waals surface area contributed by atoms with Crippen LogP contribution in [-0.2, 0) is 0 Å². The van der Waals surface area contributed by atoms with Crippen molar-refractivity contribution in [2.45, 2.75) is 0 Å². The van der Waals surface area contributed by atoms with Gasteiger partial charge in [-0.3, -0.25) is 4.79 Å². The first-order valence-corrected chi connectivity index (χ1v) is 4.99. The lowest BCUT2D eigenvalue weighted by atomic mass is 10.1. The first-order valence-electron chi connectivity index (χ1n) is 3.48. The van der Waals surface area contributed by atoms with E-state index in [4.69, 9.17) is 46.4 Å². The summed E-state index contributed by atoms with van der Waals surface area (Å²) in [6.45, 7) is 0. The molecule has 0 aliphatic carbocycles. The van der Waals surface area contributed by atoms with Crippen LogP contribution in [0, 0.1) is 0 Å². The quantitative estimate of drug-likeness (QED) is 0.519. The van der Waals surface area contributed by atoms with Crippen LogP contribution in [-0.4, -0.2) is 12.1 Å². The smallest absolute Gasteiger partial charge is 0.267 e. The maximum atomic E-state index is 11.3. The summed E-state index contributed by atoms with van der Waals surface area (Å²) in [5.41, 5.74) is 0.641. The SMILES string of the molecule is O=C1N=Cc2c(Cl)c(Cl)c(Cl)c(Cl)c21. The number of halogens is 4. The van der Waals surface area contributed by atoms with Gasteiger partial charge < -0.3 is 0 Å². The van der Waals surface area contributed by atoms with Crippen LogP contribution in [0.1, 0.15) is 15.9 Å². The molecule has 14 heavy (non-hydrogen) atoms. The van der Waals surface area contributed by atoms with Crippen LogP contribution in [0.15, 0.2) is 4.99 Å². The second-order valence-corrected chi connectivity index (χ2v) is 4.12. The van der Waals surface area contributed by atoms with Crippen molar-refractivity contribution in [3.8, 4) is 0 Å². The molecule has 72 valence electrons. The lowest BCUT2D eigenvalue weighted by Gasteiger charge is -2.06. The van der Waals surface area contributed by atoms with Crippen molar-refractivity contribution in [2.24, 2.45) is 4.99 Å². The van der Waals surface area contributed by atoms with E-state index in [2.05, 4.69) is 4.99 Å². The zero-order valence-electron chi connectivity index (χ0n) is 6.44. The molecule has 0 fully saturated rings. The minimum absolute atomic E-state index is 0.0796. The molecule has 2 nitrogen and oxygen atoms in total. The van der Waals surface area contributed by atoms with Gasteiger partial charge in [0, 0.05) is 11.8 Å². The van der Waals surface area contributed by atoms with Crippen LogP contribution in [0.5, 0.6) is 0 Å². The number of aliphatic imine (C=N–C) groups is 1. The van der Waals surface area contributed by atoms with Crippen LogP contribution in [0.4, 0.5) is 0 Å². The standard InChI is InChI=1S/C8HCl4NO/c9-4-2-1-13-8(14)3(2)5(10)7(12)6(4)11/h1H. The molecule has 0 aromatic heterocycles. The van der Waals surface area contributed by atoms with E-state index in [0.29, 0.717) is 5.56 Å². The Labute approximate surface area is 99.4 Å². The number of fused-ring (bicyclic) bond motifs is 1. The molecule has 2 rings (SSSR count). The highest BCUT2D eigenvalue weighted by Crippen LogP contribution is 2.42. The summed E-state index contributed by atoms with van der Waals surface area (Å²) in [5, 5.41) is 0.512. The topological polar surface area (TPSA) is 29.4 Å². The van der Waals surface area contributed by atoms with Crippen LogP contribution in [0.25, 0.3) is 0 Å². The number of carbonyl (C=O) groups excluding carboxylic acids is 1. The molecule has 0 N–H and O–H groups in total. The monoisotopic (exact) mass is 267 g/mol. The summed E-state index contributed by atoms with van der Waals surface area (Å²) >= 11 is 23.3. The zero-order valence-corrected chi connectivity index (χ0v) is 9.47. The van der Waals surface area contributed by atoms with Crippen LogP contribution < -0.4 is 0 Å². The van der Waals surface area contributed by atoms with E-state index in [0.717, 1.165) is 0 Å². The molecule has 1 heterocycles. The molecular weight excluding hydrogens is 268 g/mol. The van der Waals surface area contributed by atoms with E-state index in [1.807, 2.05) is 0 Å². The summed E-state index contributed by atoms with van der Waals surface area (Å²) in [6.07, 6.45) is 1.33. The van der Waals surface area contributed by atoms with E-state index >= 15 is 0 Å². The first kappa shape index (κ1) is 10.2. The molecule has 1 aromatic carbocycles. The van der Waals surface area contributed by atoms with E-state index in [9.17, 15) is 4.79 Å². The summed E-state index contributed by atoms with van der Waals surface area (Å²) in [5.74, 6) is -0.453. The highest BCUT2D eigenvalue weighted by molar-refractivity contribution is 6.54. The van der Waals surface area contributed by atoms with Gasteiger partial charge in [0.25, 0.3) is 5.91 Å². The van der Waals surface area contributed by atoms with Crippen molar-refractivity contribution in [3.05, 3.63) is 31.2 Å². The van der Waals surface area contributed by atoms with Crippen molar-refractivity contribution in [1.29, 1.82) is 0 Å². The van der Waals surface area contributed by atoms with Crippen molar-refractivity contribution < 1.29 is 4.79 Å². The lowest BCUT2D eigenvalue weighted by Crippen LogP contribution is -1.96. The van der Waals surface area contributed by atoms with Gasteiger partial charge in [0.2, 0.25) is 0 Å². The third-order valence-electron chi connectivity index (χ3n) is 1.83. The fourth-order valence-electron chi connectivity index (χ4n) is 1.17. The molecule has 0 bridgehead atoms. The molecule has 0 saturated carbocycles. The van der Waals surface area contributed by atoms with Gasteiger partial charge in [0.05, 0.1) is 25.7 Å². The summed E-state index contributed by atoms with van der Waals surface area (Å²) in [4.78, 5) is 14.8. The van der Waals surface area contributed by atoms with Crippen LogP contribution in [0.2, 0.25) is 20.1 Å². The molecule has 1 aliphatic heterocycles. The second kappa shape index (κ2) is 3.38. The summed E-state index contributed by atoms with van der Waals surface area (Å²) in [7, 11) is 0. The van der Waals surface area contributed by atoms with E-state index in [1.165, 1.54) is 6.21 Å². The third-order valence-corrected chi connectivity index (χ3v) is 3.64. The number of benzene rings is 1. The summed E-state index contributed by atoms with van der Waals surface area (Å²) < 4.78 is 0. The molecule has 1 aromatic rings. The largest absolute Gasteiger partial charge is 0.279 e. The van der Waals surface area contributed by atoms with Crippen LogP contribution in [0.3, 0.4) is 0 Å². The number of nitrogens with zero attached hydrogens (tertiary/aromatic N) is 1. The predicted molar refractivity (Wildman–Crippen MR) is 58.4 cm³/mol. The van der Waals surface area contributed by atoms with Crippen LogP contribution >= 0.6 is 46.4 Å². The van der Waals surface area contributed by atoms with Crippen molar-refractivity contribution in [3.63, 3.8) is 0 Å². The fraction of sp³-hybridized carbons (Fsp3) is 0.